The van der Waals surface area contributed by atoms with E-state index >= 15 is 0 Å². The van der Waals surface area contributed by atoms with Gasteiger partial charge in [-0.15, -0.1) is 0 Å². The van der Waals surface area contributed by atoms with Crippen LogP contribution in [0.1, 0.15) is 88.8 Å². The van der Waals surface area contributed by atoms with Crippen molar-refractivity contribution in [3.63, 3.8) is 0 Å². The molecule has 0 aliphatic carbocycles. The summed E-state index contributed by atoms with van der Waals surface area (Å²) in [6, 6.07) is 15.4. The second-order valence-electron chi connectivity index (χ2n) is 11.8. The summed E-state index contributed by atoms with van der Waals surface area (Å²) in [5.41, 5.74) is 3.04. The number of para-hydroxylation sites is 1. The van der Waals surface area contributed by atoms with E-state index in [1.165, 1.54) is 0 Å². The summed E-state index contributed by atoms with van der Waals surface area (Å²) in [6.45, 7) is 7.26. The molecular weight excluding hydrogens is 654 g/mol. The Morgan fingerprint density at radius 2 is 1.55 bits per heavy atom. The number of hydrogen-bond donors (Lipinski definition) is 3. The highest BCUT2D eigenvalue weighted by atomic mass is 33.1. The highest BCUT2D eigenvalue weighted by Crippen LogP contribution is 2.47. The van der Waals surface area contributed by atoms with Crippen molar-refractivity contribution in [2.75, 3.05) is 30.3 Å². The maximum atomic E-state index is 13.3. The van der Waals surface area contributed by atoms with Gasteiger partial charge in [-0.05, 0) is 43.0 Å². The largest absolute Gasteiger partial charge is 0.356 e. The first-order valence-electron chi connectivity index (χ1n) is 16.3. The van der Waals surface area contributed by atoms with E-state index in [-0.39, 0.29) is 37.2 Å². The van der Waals surface area contributed by atoms with Crippen LogP contribution in [0.4, 0.5) is 5.69 Å². The maximum Gasteiger partial charge on any atom is 0.330 e. The Balaban J connectivity index is 1.23. The van der Waals surface area contributed by atoms with Gasteiger partial charge in [0, 0.05) is 54.5 Å². The lowest BCUT2D eigenvalue weighted by molar-refractivity contribution is -0.125. The molecule has 12 heteroatoms. The third kappa shape index (κ3) is 14.1. The molecule has 2 atom stereocenters. The monoisotopic (exact) mass is 701 g/mol. The van der Waals surface area contributed by atoms with Crippen molar-refractivity contribution in [2.24, 2.45) is 0 Å². The van der Waals surface area contributed by atoms with Crippen LogP contribution in [0.5, 0.6) is 0 Å². The number of rotatable bonds is 20. The summed E-state index contributed by atoms with van der Waals surface area (Å²) in [5.74, 6) is 6.92. The Kier molecular flexibility index (Phi) is 17.0. The molecule has 2 aromatic rings. The second kappa shape index (κ2) is 20.6. The number of amides is 3. The molecule has 0 aromatic heterocycles. The Morgan fingerprint density at radius 1 is 0.894 bits per heavy atom. The average molecular weight is 702 g/mol. The third-order valence-corrected chi connectivity index (χ3v) is 12.4. The molecule has 256 valence electrons. The smallest absolute Gasteiger partial charge is 0.330 e. The molecule has 0 spiro atoms. The van der Waals surface area contributed by atoms with E-state index in [1.54, 1.807) is 40.3 Å². The highest BCUT2D eigenvalue weighted by molar-refractivity contribution is 8.76. The zero-order chi connectivity index (χ0) is 34.1. The van der Waals surface area contributed by atoms with E-state index < -0.39 is 13.3 Å². The predicted molar refractivity (Wildman–Crippen MR) is 193 cm³/mol. The number of nitrogens with zero attached hydrogens (tertiary/aromatic N) is 1. The highest BCUT2D eigenvalue weighted by Gasteiger charge is 2.24. The molecule has 2 unspecified atom stereocenters. The molecule has 0 radical (unpaired) electrons. The van der Waals surface area contributed by atoms with Crippen LogP contribution in [0, 0.1) is 11.8 Å². The van der Waals surface area contributed by atoms with Crippen LogP contribution in [-0.4, -0.2) is 59.0 Å². The van der Waals surface area contributed by atoms with Crippen molar-refractivity contribution in [3.8, 4) is 11.8 Å². The number of fused-ring (bicyclic) bond motifs is 2. The van der Waals surface area contributed by atoms with E-state index in [0.717, 1.165) is 60.2 Å². The van der Waals surface area contributed by atoms with Gasteiger partial charge in [0.05, 0.1) is 24.5 Å². The van der Waals surface area contributed by atoms with Gasteiger partial charge in [-0.2, -0.15) is 0 Å². The van der Waals surface area contributed by atoms with Crippen LogP contribution in [0.15, 0.2) is 48.5 Å². The van der Waals surface area contributed by atoms with E-state index in [2.05, 4.69) is 29.4 Å². The Morgan fingerprint density at radius 3 is 2.34 bits per heavy atom. The molecule has 3 rings (SSSR count). The molecule has 3 amide bonds. The fourth-order valence-corrected chi connectivity index (χ4v) is 7.61. The topological polar surface area (TPSA) is 125 Å². The zero-order valence-electron chi connectivity index (χ0n) is 27.7. The van der Waals surface area contributed by atoms with Gasteiger partial charge in [0.1, 0.15) is 0 Å². The van der Waals surface area contributed by atoms with Gasteiger partial charge in [0.2, 0.25) is 17.7 Å². The summed E-state index contributed by atoms with van der Waals surface area (Å²) in [7, 11) is -0.118. The summed E-state index contributed by atoms with van der Waals surface area (Å²) < 4.78 is 16.9. The van der Waals surface area contributed by atoms with Gasteiger partial charge in [-0.25, -0.2) is 0 Å². The summed E-state index contributed by atoms with van der Waals surface area (Å²) in [5, 5.41) is 6.17. The molecule has 3 N–H and O–H groups in total. The van der Waals surface area contributed by atoms with Gasteiger partial charge >= 0.3 is 7.60 Å². The molecule has 47 heavy (non-hydrogen) atoms. The number of carbonyl (C=O) groups is 3. The summed E-state index contributed by atoms with van der Waals surface area (Å²) in [6.07, 6.45) is 4.86. The molecule has 0 saturated heterocycles. The van der Waals surface area contributed by atoms with E-state index in [1.807, 2.05) is 48.5 Å². The minimum absolute atomic E-state index is 0.0436. The summed E-state index contributed by atoms with van der Waals surface area (Å²) >= 11 is 0. The number of anilines is 1. The molecule has 2 aromatic carbocycles. The lowest BCUT2D eigenvalue weighted by Crippen LogP contribution is -2.33. The van der Waals surface area contributed by atoms with Gasteiger partial charge in [0.15, 0.2) is 0 Å². The van der Waals surface area contributed by atoms with Crippen LogP contribution in [-0.2, 0) is 30.0 Å². The second-order valence-corrected chi connectivity index (χ2v) is 17.1. The Hall–Kier alpha value is -2.74. The normalized spacial score (nSPS) is 14.0. The van der Waals surface area contributed by atoms with Crippen LogP contribution >= 0.6 is 29.2 Å². The first-order chi connectivity index (χ1) is 22.6. The van der Waals surface area contributed by atoms with Crippen molar-refractivity contribution in [2.45, 2.75) is 89.6 Å². The minimum Gasteiger partial charge on any atom is -0.356 e. The van der Waals surface area contributed by atoms with Crippen LogP contribution in [0.2, 0.25) is 0 Å². The maximum absolute atomic E-state index is 13.3. The lowest BCUT2D eigenvalue weighted by atomic mass is 10.0. The van der Waals surface area contributed by atoms with Gasteiger partial charge in [0.25, 0.3) is 0 Å². The van der Waals surface area contributed by atoms with Crippen molar-refractivity contribution >= 4 is 52.6 Å². The van der Waals surface area contributed by atoms with Crippen LogP contribution in [0.25, 0.3) is 0 Å². The van der Waals surface area contributed by atoms with E-state index in [9.17, 15) is 23.8 Å². The lowest BCUT2D eigenvalue weighted by Gasteiger charge is -2.26. The molecule has 0 bridgehead atoms. The Labute approximate surface area is 287 Å². The SMILES string of the molecule is CC(CCC(=O)NCCCCCCOP(=O)(O)C(C)C)SSCCNC(=O)CCC(=O)N1Cc2ccccc2C#Cc2ccccc21. The molecule has 1 heterocycles. The number of benzene rings is 2. The third-order valence-electron chi connectivity index (χ3n) is 7.58. The Bertz CT molecular complexity index is 1440. The van der Waals surface area contributed by atoms with Crippen molar-refractivity contribution < 1.29 is 28.4 Å². The molecule has 1 aliphatic heterocycles. The number of nitrogens with one attached hydrogen (secondary N) is 2. The average Bonchev–Trinajstić information content (AvgIpc) is 3.04. The molecular formula is C35H48N3O6PS2. The quantitative estimate of drug-likeness (QED) is 0.0606. The van der Waals surface area contributed by atoms with Crippen LogP contribution in [0.3, 0.4) is 0 Å². The van der Waals surface area contributed by atoms with E-state index in [4.69, 9.17) is 4.52 Å². The molecule has 9 nitrogen and oxygen atoms in total. The molecule has 1 aliphatic rings. The first kappa shape index (κ1) is 38.7. The van der Waals surface area contributed by atoms with E-state index in [0.29, 0.717) is 31.3 Å². The van der Waals surface area contributed by atoms with Crippen molar-refractivity contribution in [3.05, 3.63) is 65.2 Å². The van der Waals surface area contributed by atoms with Crippen molar-refractivity contribution in [1.82, 2.24) is 10.6 Å². The predicted octanol–water partition coefficient (Wildman–Crippen LogP) is 6.67. The first-order valence-corrected chi connectivity index (χ1v) is 20.4. The molecule has 0 fully saturated rings. The minimum atomic E-state index is -3.49. The van der Waals surface area contributed by atoms with Crippen LogP contribution < -0.4 is 15.5 Å². The number of unbranched alkanes of at least 4 members (excludes halogenated alkanes) is 3. The fourth-order valence-electron chi connectivity index (χ4n) is 4.67. The fraction of sp³-hybridized carbons (Fsp3) is 0.514. The summed E-state index contributed by atoms with van der Waals surface area (Å²) in [4.78, 5) is 49.4. The zero-order valence-corrected chi connectivity index (χ0v) is 30.2. The number of hydrogen-bond acceptors (Lipinski definition) is 7. The standard InChI is InChI=1S/C35H48N3O6PS2/c1-27(2)45(42,43)44-24-11-5-4-10-22-36-33(39)19-16-28(3)47-46-25-23-37-34(40)20-21-35(41)38-26-31-14-7-6-12-29(31)17-18-30-13-8-9-15-32(30)38/h6-9,12-15,27-28H,4-5,10-11,16,19-26H2,1-3H3,(H,36,39)(H,37,40)(H,42,43). The van der Waals surface area contributed by atoms with Gasteiger partial charge in [-0.3, -0.25) is 18.9 Å². The van der Waals surface area contributed by atoms with Crippen molar-refractivity contribution in [1.29, 1.82) is 0 Å². The van der Waals surface area contributed by atoms with Gasteiger partial charge in [-0.1, -0.05) is 97.4 Å². The van der Waals surface area contributed by atoms with Gasteiger partial charge < -0.3 is 25.0 Å². The molecule has 0 saturated carbocycles. The number of carbonyl (C=O) groups excluding carboxylic acids is 3.